The number of para-hydroxylation sites is 1. The number of rotatable bonds is 3. The molecular formula is C14H10ClFN2O2. The summed E-state index contributed by atoms with van der Waals surface area (Å²) in [6.07, 6.45) is 1.25. The van der Waals surface area contributed by atoms with Crippen molar-refractivity contribution in [2.45, 2.75) is 0 Å². The Balaban J connectivity index is 2.07. The van der Waals surface area contributed by atoms with Crippen LogP contribution in [0.4, 0.5) is 4.39 Å². The number of nitrogens with one attached hydrogen (secondary N) is 1. The van der Waals surface area contributed by atoms with Gasteiger partial charge in [0.2, 0.25) is 0 Å². The Bertz CT molecular complexity index is 674. The number of hydrazone groups is 1. The Morgan fingerprint density at radius 2 is 2.05 bits per heavy atom. The number of hydrogen-bond donors (Lipinski definition) is 2. The van der Waals surface area contributed by atoms with Crippen LogP contribution in [0.5, 0.6) is 5.75 Å². The predicted molar refractivity (Wildman–Crippen MR) is 74.6 cm³/mol. The fourth-order valence-corrected chi connectivity index (χ4v) is 1.67. The summed E-state index contributed by atoms with van der Waals surface area (Å²) in [5.74, 6) is -1.19. The van der Waals surface area contributed by atoms with Gasteiger partial charge in [0.05, 0.1) is 11.2 Å². The molecule has 0 spiro atoms. The van der Waals surface area contributed by atoms with Gasteiger partial charge in [-0.1, -0.05) is 23.7 Å². The molecular weight excluding hydrogens is 283 g/mol. The quantitative estimate of drug-likeness (QED) is 0.675. The lowest BCUT2D eigenvalue weighted by molar-refractivity contribution is 0.0954. The van der Waals surface area contributed by atoms with E-state index in [9.17, 15) is 14.3 Å². The summed E-state index contributed by atoms with van der Waals surface area (Å²) in [6, 6.07) is 9.98. The van der Waals surface area contributed by atoms with Crippen LogP contribution in [0.1, 0.15) is 15.9 Å². The number of carbonyl (C=O) groups is 1. The molecule has 0 fully saturated rings. The SMILES string of the molecule is O=C(NN=Cc1cccc(Cl)c1O)c1cccc(F)c1. The maximum Gasteiger partial charge on any atom is 0.271 e. The standard InChI is InChI=1S/C14H10ClFN2O2/c15-12-6-2-4-10(13(12)19)8-17-18-14(20)9-3-1-5-11(16)7-9/h1-8,19H,(H,18,20). The lowest BCUT2D eigenvalue weighted by Gasteiger charge is -2.01. The summed E-state index contributed by atoms with van der Waals surface area (Å²) in [4.78, 5) is 11.7. The summed E-state index contributed by atoms with van der Waals surface area (Å²) in [7, 11) is 0. The highest BCUT2D eigenvalue weighted by Gasteiger charge is 2.05. The fourth-order valence-electron chi connectivity index (χ4n) is 1.49. The molecule has 4 nitrogen and oxygen atoms in total. The monoisotopic (exact) mass is 292 g/mol. The van der Waals surface area contributed by atoms with Gasteiger partial charge in [-0.2, -0.15) is 5.10 Å². The average molecular weight is 293 g/mol. The Labute approximate surface area is 119 Å². The molecule has 0 aliphatic rings. The first kappa shape index (κ1) is 14.0. The molecule has 102 valence electrons. The zero-order valence-electron chi connectivity index (χ0n) is 10.2. The van der Waals surface area contributed by atoms with Crippen LogP contribution in [0.2, 0.25) is 5.02 Å². The lowest BCUT2D eigenvalue weighted by atomic mass is 10.2. The number of amides is 1. The van der Waals surface area contributed by atoms with Crippen molar-refractivity contribution >= 4 is 23.7 Å². The average Bonchev–Trinajstić information content (AvgIpc) is 2.43. The number of halogens is 2. The molecule has 0 aliphatic heterocycles. The number of carbonyl (C=O) groups excluding carboxylic acids is 1. The van der Waals surface area contributed by atoms with E-state index in [1.54, 1.807) is 12.1 Å². The normalized spacial score (nSPS) is 10.7. The van der Waals surface area contributed by atoms with Gasteiger partial charge in [-0.3, -0.25) is 4.79 Å². The van der Waals surface area contributed by atoms with Crippen LogP contribution in [0.3, 0.4) is 0 Å². The van der Waals surface area contributed by atoms with E-state index >= 15 is 0 Å². The molecule has 0 heterocycles. The number of hydrogen-bond acceptors (Lipinski definition) is 3. The molecule has 2 rings (SSSR count). The molecule has 2 N–H and O–H groups in total. The predicted octanol–water partition coefficient (Wildman–Crippen LogP) is 2.95. The first-order valence-corrected chi connectivity index (χ1v) is 6.02. The smallest absolute Gasteiger partial charge is 0.271 e. The molecule has 0 atom stereocenters. The highest BCUT2D eigenvalue weighted by molar-refractivity contribution is 6.32. The minimum atomic E-state index is -0.553. The lowest BCUT2D eigenvalue weighted by Crippen LogP contribution is -2.17. The fraction of sp³-hybridized carbons (Fsp3) is 0. The Kier molecular flexibility index (Phi) is 4.32. The van der Waals surface area contributed by atoms with Crippen molar-refractivity contribution in [1.29, 1.82) is 0 Å². The van der Waals surface area contributed by atoms with Gasteiger partial charge in [0.25, 0.3) is 5.91 Å². The number of phenols is 1. The van der Waals surface area contributed by atoms with Crippen LogP contribution in [-0.4, -0.2) is 17.2 Å². The third-order valence-electron chi connectivity index (χ3n) is 2.47. The van der Waals surface area contributed by atoms with Gasteiger partial charge in [-0.15, -0.1) is 0 Å². The summed E-state index contributed by atoms with van der Waals surface area (Å²) >= 11 is 5.73. The topological polar surface area (TPSA) is 61.7 Å². The van der Waals surface area contributed by atoms with Crippen molar-refractivity contribution in [3.8, 4) is 5.75 Å². The van der Waals surface area contributed by atoms with E-state index in [0.29, 0.717) is 5.56 Å². The van der Waals surface area contributed by atoms with E-state index in [-0.39, 0.29) is 16.3 Å². The Morgan fingerprint density at radius 3 is 2.80 bits per heavy atom. The van der Waals surface area contributed by atoms with Crippen molar-refractivity contribution in [2.24, 2.45) is 5.10 Å². The summed E-state index contributed by atoms with van der Waals surface area (Å²) in [5.41, 5.74) is 2.74. The van der Waals surface area contributed by atoms with Crippen molar-refractivity contribution in [1.82, 2.24) is 5.43 Å². The van der Waals surface area contributed by atoms with Gasteiger partial charge in [-0.25, -0.2) is 9.82 Å². The molecule has 1 amide bonds. The second-order valence-corrected chi connectivity index (χ2v) is 4.29. The molecule has 20 heavy (non-hydrogen) atoms. The van der Waals surface area contributed by atoms with Crippen LogP contribution in [0, 0.1) is 5.82 Å². The first-order chi connectivity index (χ1) is 9.58. The molecule has 0 aliphatic carbocycles. The molecule has 0 saturated heterocycles. The summed E-state index contributed by atoms with van der Waals surface area (Å²) in [6.45, 7) is 0. The zero-order chi connectivity index (χ0) is 14.5. The minimum absolute atomic E-state index is 0.127. The van der Waals surface area contributed by atoms with Crippen molar-refractivity contribution in [3.05, 3.63) is 64.4 Å². The van der Waals surface area contributed by atoms with Crippen molar-refractivity contribution in [3.63, 3.8) is 0 Å². The van der Waals surface area contributed by atoms with Gasteiger partial charge < -0.3 is 5.11 Å². The zero-order valence-corrected chi connectivity index (χ0v) is 10.9. The van der Waals surface area contributed by atoms with Crippen LogP contribution >= 0.6 is 11.6 Å². The van der Waals surface area contributed by atoms with Gasteiger partial charge in [0, 0.05) is 11.1 Å². The highest BCUT2D eigenvalue weighted by Crippen LogP contribution is 2.25. The third kappa shape index (κ3) is 3.33. The van der Waals surface area contributed by atoms with Gasteiger partial charge in [-0.05, 0) is 30.3 Å². The van der Waals surface area contributed by atoms with E-state index in [2.05, 4.69) is 10.5 Å². The molecule has 0 saturated carbocycles. The second kappa shape index (κ2) is 6.16. The van der Waals surface area contributed by atoms with E-state index in [1.807, 2.05) is 0 Å². The summed E-state index contributed by atoms with van der Waals surface area (Å²) < 4.78 is 12.9. The second-order valence-electron chi connectivity index (χ2n) is 3.89. The van der Waals surface area contributed by atoms with Gasteiger partial charge >= 0.3 is 0 Å². The van der Waals surface area contributed by atoms with Crippen molar-refractivity contribution < 1.29 is 14.3 Å². The van der Waals surface area contributed by atoms with Crippen LogP contribution in [-0.2, 0) is 0 Å². The molecule has 2 aromatic rings. The maximum atomic E-state index is 12.9. The number of nitrogens with zero attached hydrogens (tertiary/aromatic N) is 1. The van der Waals surface area contributed by atoms with Crippen LogP contribution < -0.4 is 5.43 Å². The molecule has 0 bridgehead atoms. The largest absolute Gasteiger partial charge is 0.506 e. The number of benzene rings is 2. The number of aromatic hydroxyl groups is 1. The van der Waals surface area contributed by atoms with E-state index in [0.717, 1.165) is 6.07 Å². The van der Waals surface area contributed by atoms with Gasteiger partial charge in [0.15, 0.2) is 0 Å². The van der Waals surface area contributed by atoms with Crippen LogP contribution in [0.15, 0.2) is 47.6 Å². The molecule has 0 aromatic heterocycles. The van der Waals surface area contributed by atoms with Crippen molar-refractivity contribution in [2.75, 3.05) is 0 Å². The third-order valence-corrected chi connectivity index (χ3v) is 2.78. The van der Waals surface area contributed by atoms with E-state index in [4.69, 9.17) is 11.6 Å². The number of phenolic OH excluding ortho intramolecular Hbond substituents is 1. The maximum absolute atomic E-state index is 12.9. The highest BCUT2D eigenvalue weighted by atomic mass is 35.5. The van der Waals surface area contributed by atoms with E-state index in [1.165, 1.54) is 30.5 Å². The summed E-state index contributed by atoms with van der Waals surface area (Å²) in [5, 5.41) is 13.5. The Morgan fingerprint density at radius 1 is 1.30 bits per heavy atom. The van der Waals surface area contributed by atoms with Crippen LogP contribution in [0.25, 0.3) is 0 Å². The molecule has 0 radical (unpaired) electrons. The molecule has 2 aromatic carbocycles. The Hall–Kier alpha value is -2.40. The first-order valence-electron chi connectivity index (χ1n) is 5.64. The minimum Gasteiger partial charge on any atom is -0.506 e. The molecule has 6 heteroatoms. The van der Waals surface area contributed by atoms with Gasteiger partial charge in [0.1, 0.15) is 11.6 Å². The van der Waals surface area contributed by atoms with E-state index < -0.39 is 11.7 Å². The molecule has 0 unspecified atom stereocenters.